The van der Waals surface area contributed by atoms with Crippen LogP contribution in [0.5, 0.6) is 0 Å². The van der Waals surface area contributed by atoms with Crippen LogP contribution in [0, 0.1) is 6.92 Å². The first-order valence-electron chi connectivity index (χ1n) is 3.68. The maximum absolute atomic E-state index is 10.8. The molecule has 1 aromatic carbocycles. The molecular weight excluding hydrogens is 267 g/mol. The van der Waals surface area contributed by atoms with Crippen molar-refractivity contribution >= 4 is 49.8 Å². The molecule has 0 unspecified atom stereocenters. The van der Waals surface area contributed by atoms with E-state index >= 15 is 0 Å². The van der Waals surface area contributed by atoms with Gasteiger partial charge < -0.3 is 0 Å². The molecule has 16 heavy (non-hydrogen) atoms. The Kier molecular flexibility index (Phi) is 5.14. The molecule has 86 valence electrons. The molecule has 1 rings (SSSR count). The molecule has 0 amide bonds. The minimum atomic E-state index is -4.49. The molecule has 0 fully saturated rings. The monoisotopic (exact) mass is 276 g/mol. The summed E-state index contributed by atoms with van der Waals surface area (Å²) in [5.74, 6) is 0. The van der Waals surface area contributed by atoms with Crippen molar-refractivity contribution in [1.29, 1.82) is 0 Å². The number of hydrogen-bond acceptors (Lipinski definition) is 4. The summed E-state index contributed by atoms with van der Waals surface area (Å²) in [6, 6.07) is 2.91. The second-order valence-electron chi connectivity index (χ2n) is 2.88. The van der Waals surface area contributed by atoms with E-state index in [0.29, 0.717) is 6.07 Å². The molecule has 0 aliphatic rings. The minimum absolute atomic E-state index is 0. The quantitative estimate of drug-likeness (QED) is 0.574. The van der Waals surface area contributed by atoms with Crippen LogP contribution in [0.1, 0.15) is 5.56 Å². The Labute approximate surface area is 115 Å². The Morgan fingerprint density at radius 3 is 1.88 bits per heavy atom. The van der Waals surface area contributed by atoms with E-state index in [1.54, 1.807) is 0 Å². The average molecular weight is 276 g/mol. The van der Waals surface area contributed by atoms with E-state index in [4.69, 9.17) is 9.11 Å². The summed E-state index contributed by atoms with van der Waals surface area (Å²) in [5.41, 5.74) is 0.185. The molecule has 1 aromatic rings. The third kappa shape index (κ3) is 3.81. The molecule has 0 atom stereocenters. The van der Waals surface area contributed by atoms with Gasteiger partial charge in [0.15, 0.2) is 0 Å². The topological polar surface area (TPSA) is 109 Å². The van der Waals surface area contributed by atoms with Crippen molar-refractivity contribution in [1.82, 2.24) is 0 Å². The first kappa shape index (κ1) is 16.0. The summed E-state index contributed by atoms with van der Waals surface area (Å²) in [6.07, 6.45) is 0. The van der Waals surface area contributed by atoms with Crippen LogP contribution in [-0.2, 0) is 20.2 Å². The molecule has 0 heterocycles. The zero-order chi connectivity index (χ0) is 11.9. The van der Waals surface area contributed by atoms with Gasteiger partial charge in [0, 0.05) is 0 Å². The third-order valence-electron chi connectivity index (χ3n) is 1.74. The molecule has 0 spiro atoms. The molecule has 0 bridgehead atoms. The van der Waals surface area contributed by atoms with Gasteiger partial charge in [-0.25, -0.2) is 0 Å². The first-order chi connectivity index (χ1) is 6.62. The average Bonchev–Trinajstić information content (AvgIpc) is 2.00. The van der Waals surface area contributed by atoms with Crippen LogP contribution in [0.15, 0.2) is 28.0 Å². The molecular formula is C7H9NaO6S2. The van der Waals surface area contributed by atoms with Crippen LogP contribution in [-0.4, -0.2) is 55.5 Å². The fraction of sp³-hybridized carbons (Fsp3) is 0.143. The maximum atomic E-state index is 10.8. The van der Waals surface area contributed by atoms with Gasteiger partial charge in [0.2, 0.25) is 0 Å². The Bertz CT molecular complexity index is 589. The third-order valence-corrected chi connectivity index (χ3v) is 3.58. The van der Waals surface area contributed by atoms with Crippen LogP contribution in [0.4, 0.5) is 0 Å². The molecule has 0 saturated carbocycles. The predicted octanol–water partition coefficient (Wildman–Crippen LogP) is -0.160. The summed E-state index contributed by atoms with van der Waals surface area (Å²) < 4.78 is 60.5. The first-order valence-corrected chi connectivity index (χ1v) is 6.56. The Morgan fingerprint density at radius 2 is 1.50 bits per heavy atom. The van der Waals surface area contributed by atoms with Gasteiger partial charge in [-0.05, 0) is 24.6 Å². The van der Waals surface area contributed by atoms with Crippen LogP contribution >= 0.6 is 0 Å². The predicted molar refractivity (Wildman–Crippen MR) is 58.0 cm³/mol. The van der Waals surface area contributed by atoms with Gasteiger partial charge in [-0.2, -0.15) is 16.8 Å². The summed E-state index contributed by atoms with van der Waals surface area (Å²) >= 11 is 0. The Balaban J connectivity index is 0.00000225. The molecule has 0 saturated heterocycles. The van der Waals surface area contributed by atoms with E-state index in [1.807, 2.05) is 0 Å². The second-order valence-corrected chi connectivity index (χ2v) is 5.69. The van der Waals surface area contributed by atoms with Gasteiger partial charge in [0.1, 0.15) is 0 Å². The van der Waals surface area contributed by atoms with E-state index in [9.17, 15) is 16.8 Å². The molecule has 0 aliphatic heterocycles. The van der Waals surface area contributed by atoms with Crippen LogP contribution in [0.25, 0.3) is 0 Å². The van der Waals surface area contributed by atoms with E-state index in [-0.39, 0.29) is 35.1 Å². The Hall–Kier alpha value is 0.0400. The summed E-state index contributed by atoms with van der Waals surface area (Å²) in [4.78, 5) is -1.13. The van der Waals surface area contributed by atoms with Crippen molar-refractivity contribution in [2.45, 2.75) is 16.7 Å². The molecule has 9 heteroatoms. The second kappa shape index (κ2) is 5.13. The fourth-order valence-corrected chi connectivity index (χ4v) is 2.35. The molecule has 6 nitrogen and oxygen atoms in total. The van der Waals surface area contributed by atoms with Crippen molar-refractivity contribution in [3.8, 4) is 0 Å². The Morgan fingerprint density at radius 1 is 1.00 bits per heavy atom. The van der Waals surface area contributed by atoms with Crippen molar-refractivity contribution in [2.75, 3.05) is 0 Å². The SMILES string of the molecule is Cc1ccc(S(=O)(=O)O)cc1S(=O)(=O)O.[NaH]. The van der Waals surface area contributed by atoms with Crippen LogP contribution < -0.4 is 0 Å². The molecule has 2 N–H and O–H groups in total. The van der Waals surface area contributed by atoms with Crippen molar-refractivity contribution in [3.05, 3.63) is 23.8 Å². The van der Waals surface area contributed by atoms with Gasteiger partial charge in [-0.15, -0.1) is 0 Å². The fourth-order valence-electron chi connectivity index (χ4n) is 1.02. The van der Waals surface area contributed by atoms with Crippen molar-refractivity contribution in [2.24, 2.45) is 0 Å². The van der Waals surface area contributed by atoms with Gasteiger partial charge >= 0.3 is 29.6 Å². The molecule has 0 radical (unpaired) electrons. The normalized spacial score (nSPS) is 11.9. The molecule has 0 aliphatic carbocycles. The van der Waals surface area contributed by atoms with E-state index in [2.05, 4.69) is 0 Å². The van der Waals surface area contributed by atoms with E-state index in [0.717, 1.165) is 6.07 Å². The number of benzene rings is 1. The van der Waals surface area contributed by atoms with Gasteiger partial charge in [0.05, 0.1) is 9.79 Å². The van der Waals surface area contributed by atoms with E-state index < -0.39 is 30.0 Å². The zero-order valence-corrected chi connectivity index (χ0v) is 9.21. The summed E-state index contributed by atoms with van der Waals surface area (Å²) in [6.45, 7) is 1.39. The standard InChI is InChI=1S/C7H8O6S2.Na.H/c1-5-2-3-6(14(8,9)10)4-7(5)15(11,12)13;;/h2-4H,1H3,(H,8,9,10)(H,11,12,13);;. The van der Waals surface area contributed by atoms with Gasteiger partial charge in [-0.3, -0.25) is 9.11 Å². The van der Waals surface area contributed by atoms with Gasteiger partial charge in [0.25, 0.3) is 20.2 Å². The van der Waals surface area contributed by atoms with Crippen LogP contribution in [0.3, 0.4) is 0 Å². The van der Waals surface area contributed by atoms with Crippen LogP contribution in [0.2, 0.25) is 0 Å². The summed E-state index contributed by atoms with van der Waals surface area (Å²) in [5, 5.41) is 0. The molecule has 0 aromatic heterocycles. The van der Waals surface area contributed by atoms with E-state index in [1.165, 1.54) is 13.0 Å². The number of rotatable bonds is 2. The van der Waals surface area contributed by atoms with Gasteiger partial charge in [-0.1, -0.05) is 6.07 Å². The number of aryl methyl sites for hydroxylation is 1. The zero-order valence-electron chi connectivity index (χ0n) is 7.58. The number of hydrogen-bond donors (Lipinski definition) is 2. The van der Waals surface area contributed by atoms with Crippen molar-refractivity contribution < 1.29 is 25.9 Å². The summed E-state index contributed by atoms with van der Waals surface area (Å²) in [7, 11) is -8.97. The van der Waals surface area contributed by atoms with Crippen molar-refractivity contribution in [3.63, 3.8) is 0 Å².